The van der Waals surface area contributed by atoms with Gasteiger partial charge in [0.25, 0.3) is 0 Å². The van der Waals surface area contributed by atoms with Crippen LogP contribution in [0.4, 0.5) is 29.6 Å². The van der Waals surface area contributed by atoms with E-state index < -0.39 is 18.2 Å². The van der Waals surface area contributed by atoms with Crippen LogP contribution in [0.1, 0.15) is 18.4 Å². The summed E-state index contributed by atoms with van der Waals surface area (Å²) in [6.07, 6.45) is -4.24. The van der Waals surface area contributed by atoms with E-state index in [1.54, 1.807) is 11.0 Å². The summed E-state index contributed by atoms with van der Waals surface area (Å²) in [5.41, 5.74) is 1.70. The molecular weight excluding hydrogens is 445 g/mol. The highest BCUT2D eigenvalue weighted by molar-refractivity contribution is 5.90. The SMILES string of the molecule is Cl.O=C1OC2(CCN(c3nc4ccc(CC(F)(F)F)cc4[nH]3)CC2)CN1c1ccccc1. The summed E-state index contributed by atoms with van der Waals surface area (Å²) in [6.45, 7) is 1.76. The topological polar surface area (TPSA) is 61.5 Å². The second-order valence-corrected chi connectivity index (χ2v) is 8.16. The molecule has 1 aromatic heterocycles. The zero-order valence-corrected chi connectivity index (χ0v) is 17.9. The van der Waals surface area contributed by atoms with E-state index in [0.29, 0.717) is 49.5 Å². The Hall–Kier alpha value is -2.94. The zero-order valence-electron chi connectivity index (χ0n) is 17.1. The lowest BCUT2D eigenvalue weighted by atomic mass is 9.91. The Morgan fingerprint density at radius 1 is 1.09 bits per heavy atom. The maximum absolute atomic E-state index is 12.7. The first kappa shape index (κ1) is 22.3. The van der Waals surface area contributed by atoms with Crippen molar-refractivity contribution in [3.05, 3.63) is 54.1 Å². The summed E-state index contributed by atoms with van der Waals surface area (Å²) in [5.74, 6) is 0.623. The molecule has 0 saturated carbocycles. The van der Waals surface area contributed by atoms with Crippen molar-refractivity contribution in [3.63, 3.8) is 0 Å². The van der Waals surface area contributed by atoms with Gasteiger partial charge >= 0.3 is 12.3 Å². The minimum Gasteiger partial charge on any atom is -0.440 e. The molecule has 2 fully saturated rings. The van der Waals surface area contributed by atoms with Crippen LogP contribution in [0.5, 0.6) is 0 Å². The lowest BCUT2D eigenvalue weighted by Crippen LogP contribution is -2.47. The summed E-state index contributed by atoms with van der Waals surface area (Å²) in [4.78, 5) is 23.8. The maximum atomic E-state index is 12.7. The van der Waals surface area contributed by atoms with Gasteiger partial charge in [0.05, 0.1) is 24.0 Å². The molecule has 0 aliphatic carbocycles. The van der Waals surface area contributed by atoms with E-state index in [9.17, 15) is 18.0 Å². The van der Waals surface area contributed by atoms with Crippen molar-refractivity contribution >= 4 is 41.2 Å². The van der Waals surface area contributed by atoms with E-state index in [0.717, 1.165) is 5.69 Å². The highest BCUT2D eigenvalue weighted by Gasteiger charge is 2.47. The van der Waals surface area contributed by atoms with E-state index in [-0.39, 0.29) is 24.1 Å². The molecule has 2 aromatic carbocycles. The molecule has 32 heavy (non-hydrogen) atoms. The fourth-order valence-corrected chi connectivity index (χ4v) is 4.35. The first-order valence-corrected chi connectivity index (χ1v) is 10.2. The molecule has 3 heterocycles. The number of H-pyrrole nitrogens is 1. The van der Waals surface area contributed by atoms with Gasteiger partial charge in [0.15, 0.2) is 0 Å². The molecule has 0 atom stereocenters. The standard InChI is InChI=1S/C22H21F3N4O2.ClH/c23-22(24,25)13-15-6-7-17-18(12-15)27-19(26-17)28-10-8-21(9-11-28)14-29(20(30)31-21)16-4-2-1-3-5-16;/h1-7,12H,8-11,13-14H2,(H,26,27);1H. The van der Waals surface area contributed by atoms with E-state index in [1.165, 1.54) is 12.1 Å². The summed E-state index contributed by atoms with van der Waals surface area (Å²) in [5, 5.41) is 0. The molecule has 0 unspecified atom stereocenters. The van der Waals surface area contributed by atoms with Gasteiger partial charge in [-0.05, 0) is 29.8 Å². The van der Waals surface area contributed by atoms with Crippen LogP contribution in [-0.2, 0) is 11.2 Å². The third-order valence-corrected chi connectivity index (χ3v) is 5.95. The van der Waals surface area contributed by atoms with E-state index in [4.69, 9.17) is 4.74 Å². The molecular formula is C22H22ClF3N4O2. The number of carbonyl (C=O) groups excluding carboxylic acids is 1. The number of benzene rings is 2. The van der Waals surface area contributed by atoms with Gasteiger partial charge < -0.3 is 14.6 Å². The van der Waals surface area contributed by atoms with Crippen LogP contribution < -0.4 is 9.80 Å². The lowest BCUT2D eigenvalue weighted by Gasteiger charge is -2.37. The molecule has 6 nitrogen and oxygen atoms in total. The molecule has 2 saturated heterocycles. The average molecular weight is 467 g/mol. The van der Waals surface area contributed by atoms with Crippen molar-refractivity contribution in [1.29, 1.82) is 0 Å². The van der Waals surface area contributed by atoms with Gasteiger partial charge in [-0.3, -0.25) is 4.90 Å². The molecule has 170 valence electrons. The first-order valence-electron chi connectivity index (χ1n) is 10.2. The predicted molar refractivity (Wildman–Crippen MR) is 118 cm³/mol. The van der Waals surface area contributed by atoms with Gasteiger partial charge in [-0.1, -0.05) is 24.3 Å². The molecule has 10 heteroatoms. The number of nitrogens with one attached hydrogen (secondary N) is 1. The zero-order chi connectivity index (χ0) is 21.6. The largest absolute Gasteiger partial charge is 0.440 e. The Bertz CT molecular complexity index is 1110. The third-order valence-electron chi connectivity index (χ3n) is 5.95. The van der Waals surface area contributed by atoms with Gasteiger partial charge in [-0.2, -0.15) is 13.2 Å². The monoisotopic (exact) mass is 466 g/mol. The number of alkyl halides is 3. The molecule has 2 aliphatic heterocycles. The number of carbonyl (C=O) groups is 1. The minimum atomic E-state index is -4.25. The second kappa shape index (κ2) is 8.20. The highest BCUT2D eigenvalue weighted by atomic mass is 35.5. The number of nitrogens with zero attached hydrogens (tertiary/aromatic N) is 3. The lowest BCUT2D eigenvalue weighted by molar-refractivity contribution is -0.127. The predicted octanol–water partition coefficient (Wildman–Crippen LogP) is 5.09. The van der Waals surface area contributed by atoms with Gasteiger partial charge in [0.2, 0.25) is 5.95 Å². The van der Waals surface area contributed by atoms with Gasteiger partial charge in [0, 0.05) is 31.6 Å². The van der Waals surface area contributed by atoms with Crippen molar-refractivity contribution in [2.75, 3.05) is 29.4 Å². The van der Waals surface area contributed by atoms with Crippen molar-refractivity contribution in [2.24, 2.45) is 0 Å². The Balaban J connectivity index is 0.00000245. The van der Waals surface area contributed by atoms with E-state index >= 15 is 0 Å². The van der Waals surface area contributed by atoms with E-state index in [1.807, 2.05) is 35.2 Å². The van der Waals surface area contributed by atoms with Crippen LogP contribution in [0.2, 0.25) is 0 Å². The quantitative estimate of drug-likeness (QED) is 0.584. The summed E-state index contributed by atoms with van der Waals surface area (Å²) in [7, 11) is 0. The number of halogens is 4. The van der Waals surface area contributed by atoms with Crippen LogP contribution in [0, 0.1) is 0 Å². The van der Waals surface area contributed by atoms with E-state index in [2.05, 4.69) is 9.97 Å². The van der Waals surface area contributed by atoms with Crippen molar-refractivity contribution in [1.82, 2.24) is 9.97 Å². The van der Waals surface area contributed by atoms with Crippen LogP contribution in [0.3, 0.4) is 0 Å². The number of amides is 1. The van der Waals surface area contributed by atoms with Crippen LogP contribution in [-0.4, -0.2) is 47.5 Å². The molecule has 1 N–H and O–H groups in total. The molecule has 1 spiro atoms. The number of ether oxygens (including phenoxy) is 1. The summed E-state index contributed by atoms with van der Waals surface area (Å²) in [6, 6.07) is 14.0. The number of piperidine rings is 1. The minimum absolute atomic E-state index is 0. The van der Waals surface area contributed by atoms with Crippen molar-refractivity contribution < 1.29 is 22.7 Å². The van der Waals surface area contributed by atoms with Gasteiger partial charge in [-0.15, -0.1) is 12.4 Å². The van der Waals surface area contributed by atoms with Crippen LogP contribution in [0.15, 0.2) is 48.5 Å². The molecule has 0 bridgehead atoms. The van der Waals surface area contributed by atoms with Crippen LogP contribution in [0.25, 0.3) is 11.0 Å². The van der Waals surface area contributed by atoms with Crippen molar-refractivity contribution in [2.45, 2.75) is 31.0 Å². The number of fused-ring (bicyclic) bond motifs is 1. The normalized spacial score (nSPS) is 18.2. The van der Waals surface area contributed by atoms with Crippen LogP contribution >= 0.6 is 12.4 Å². The smallest absolute Gasteiger partial charge is 0.415 e. The number of para-hydroxylation sites is 1. The molecule has 3 aromatic rings. The van der Waals surface area contributed by atoms with Crippen molar-refractivity contribution in [3.8, 4) is 0 Å². The number of hydrogen-bond donors (Lipinski definition) is 1. The maximum Gasteiger partial charge on any atom is 0.415 e. The molecule has 2 aliphatic rings. The number of rotatable bonds is 3. The third kappa shape index (κ3) is 4.34. The Kier molecular flexibility index (Phi) is 5.70. The number of hydrogen-bond acceptors (Lipinski definition) is 4. The van der Waals surface area contributed by atoms with Gasteiger partial charge in [0.1, 0.15) is 5.60 Å². The molecule has 5 rings (SSSR count). The number of anilines is 2. The van der Waals surface area contributed by atoms with Gasteiger partial charge in [-0.25, -0.2) is 9.78 Å². The fraction of sp³-hybridized carbons (Fsp3) is 0.364. The number of imidazole rings is 1. The molecule has 1 amide bonds. The second-order valence-electron chi connectivity index (χ2n) is 8.16. The Morgan fingerprint density at radius 3 is 2.50 bits per heavy atom. The average Bonchev–Trinajstić information content (AvgIpc) is 3.29. The summed E-state index contributed by atoms with van der Waals surface area (Å²) >= 11 is 0. The Labute approximate surface area is 188 Å². The first-order chi connectivity index (χ1) is 14.8. The Morgan fingerprint density at radius 2 is 1.81 bits per heavy atom. The highest BCUT2D eigenvalue weighted by Crippen LogP contribution is 2.36. The number of aromatic nitrogens is 2. The fourth-order valence-electron chi connectivity index (χ4n) is 4.35. The summed E-state index contributed by atoms with van der Waals surface area (Å²) < 4.78 is 43.8. The molecule has 0 radical (unpaired) electrons. The number of aromatic amines is 1.